The van der Waals surface area contributed by atoms with Crippen molar-refractivity contribution in [3.63, 3.8) is 0 Å². The van der Waals surface area contributed by atoms with Crippen LogP contribution in [0.4, 0.5) is 8.78 Å². The zero-order valence-electron chi connectivity index (χ0n) is 8.42. The zero-order chi connectivity index (χ0) is 12.3. The molecule has 0 aromatic carbocycles. The first-order chi connectivity index (χ1) is 7.51. The van der Waals surface area contributed by atoms with Crippen LogP contribution in [0, 0.1) is 0 Å². The molecule has 0 aliphatic heterocycles. The van der Waals surface area contributed by atoms with Crippen molar-refractivity contribution in [2.24, 2.45) is 5.73 Å². The number of alkyl halides is 2. The minimum atomic E-state index is -2.89. The first-order valence-corrected chi connectivity index (χ1v) is 4.33. The fourth-order valence-electron chi connectivity index (χ4n) is 1.19. The van der Waals surface area contributed by atoms with Crippen molar-refractivity contribution in [1.82, 2.24) is 4.98 Å². The number of rotatable bonds is 3. The second-order valence-electron chi connectivity index (χ2n) is 2.95. The van der Waals surface area contributed by atoms with Gasteiger partial charge in [-0.3, -0.25) is 4.79 Å². The van der Waals surface area contributed by atoms with Crippen molar-refractivity contribution in [2.45, 2.75) is 13.0 Å². The van der Waals surface area contributed by atoms with Crippen molar-refractivity contribution >= 4 is 5.97 Å². The van der Waals surface area contributed by atoms with Crippen LogP contribution in [0.15, 0.2) is 10.9 Å². The van der Waals surface area contributed by atoms with Crippen LogP contribution in [0.1, 0.15) is 28.0 Å². The van der Waals surface area contributed by atoms with Gasteiger partial charge in [-0.05, 0) is 6.07 Å². The monoisotopic (exact) mass is 232 g/mol. The molecular formula is C9H10F2N2O3. The van der Waals surface area contributed by atoms with E-state index in [0.717, 1.165) is 13.2 Å². The van der Waals surface area contributed by atoms with E-state index in [4.69, 9.17) is 5.73 Å². The number of nitrogens with two attached hydrogens (primary N) is 1. The van der Waals surface area contributed by atoms with Crippen molar-refractivity contribution in [2.75, 3.05) is 7.11 Å². The Morgan fingerprint density at radius 1 is 1.62 bits per heavy atom. The number of carbonyl (C=O) groups is 1. The van der Waals surface area contributed by atoms with E-state index in [0.29, 0.717) is 0 Å². The molecule has 16 heavy (non-hydrogen) atoms. The second-order valence-corrected chi connectivity index (χ2v) is 2.95. The molecular weight excluding hydrogens is 222 g/mol. The lowest BCUT2D eigenvalue weighted by molar-refractivity contribution is 0.0581. The number of methoxy groups -OCH3 is 1. The van der Waals surface area contributed by atoms with Crippen LogP contribution in [0.2, 0.25) is 0 Å². The Morgan fingerprint density at radius 2 is 2.25 bits per heavy atom. The summed E-state index contributed by atoms with van der Waals surface area (Å²) in [6.07, 6.45) is -2.89. The van der Waals surface area contributed by atoms with Gasteiger partial charge >= 0.3 is 5.97 Å². The molecule has 3 N–H and O–H groups in total. The third-order valence-electron chi connectivity index (χ3n) is 1.99. The Labute approximate surface area is 89.2 Å². The van der Waals surface area contributed by atoms with Gasteiger partial charge in [-0.1, -0.05) is 0 Å². The number of pyridine rings is 1. The standard InChI is InChI=1S/C9H10F2N2O3/c1-16-9(15)6-5(7(10)11)2-4(3-12)8(14)13-6/h2,7H,3,12H2,1H3,(H,13,14). The molecule has 0 unspecified atom stereocenters. The average Bonchev–Trinajstić information content (AvgIpc) is 2.27. The van der Waals surface area contributed by atoms with Crippen molar-refractivity contribution < 1.29 is 18.3 Å². The topological polar surface area (TPSA) is 85.2 Å². The minimum absolute atomic E-state index is 0.0112. The summed E-state index contributed by atoms with van der Waals surface area (Å²) in [5, 5.41) is 0. The molecule has 0 atom stereocenters. The lowest BCUT2D eigenvalue weighted by Crippen LogP contribution is -2.22. The molecule has 1 heterocycles. The summed E-state index contributed by atoms with van der Waals surface area (Å²) in [5.41, 5.74) is 3.38. The predicted molar refractivity (Wildman–Crippen MR) is 51.3 cm³/mol. The van der Waals surface area contributed by atoms with Gasteiger partial charge in [0, 0.05) is 17.7 Å². The van der Waals surface area contributed by atoms with Gasteiger partial charge in [-0.25, -0.2) is 13.6 Å². The molecule has 0 aliphatic carbocycles. The predicted octanol–water partition coefficient (Wildman–Crippen LogP) is 0.558. The summed E-state index contributed by atoms with van der Waals surface area (Å²) in [5.74, 6) is -1.02. The first-order valence-electron chi connectivity index (χ1n) is 4.33. The molecule has 7 heteroatoms. The van der Waals surface area contributed by atoms with E-state index in [1.807, 2.05) is 4.98 Å². The number of aromatic nitrogens is 1. The number of nitrogens with one attached hydrogen (secondary N) is 1. The Kier molecular flexibility index (Phi) is 3.73. The van der Waals surface area contributed by atoms with Crippen LogP contribution in [0.3, 0.4) is 0 Å². The summed E-state index contributed by atoms with van der Waals surface area (Å²) < 4.78 is 29.5. The van der Waals surface area contributed by atoms with Gasteiger partial charge in [0.05, 0.1) is 7.11 Å². The number of H-pyrrole nitrogens is 1. The van der Waals surface area contributed by atoms with E-state index in [-0.39, 0.29) is 12.1 Å². The number of hydrogen-bond acceptors (Lipinski definition) is 4. The number of carbonyl (C=O) groups excluding carboxylic acids is 1. The molecule has 0 amide bonds. The minimum Gasteiger partial charge on any atom is -0.464 e. The van der Waals surface area contributed by atoms with Crippen molar-refractivity contribution in [1.29, 1.82) is 0 Å². The van der Waals surface area contributed by atoms with Gasteiger partial charge in [-0.15, -0.1) is 0 Å². The third-order valence-corrected chi connectivity index (χ3v) is 1.99. The van der Waals surface area contributed by atoms with E-state index < -0.39 is 29.2 Å². The molecule has 0 aliphatic rings. The van der Waals surface area contributed by atoms with E-state index in [9.17, 15) is 18.4 Å². The molecule has 5 nitrogen and oxygen atoms in total. The fourth-order valence-corrected chi connectivity index (χ4v) is 1.19. The summed E-state index contributed by atoms with van der Waals surface area (Å²) in [7, 11) is 1.03. The van der Waals surface area contributed by atoms with E-state index in [1.165, 1.54) is 0 Å². The van der Waals surface area contributed by atoms with Crippen molar-refractivity contribution in [3.8, 4) is 0 Å². The Hall–Kier alpha value is -1.76. The quantitative estimate of drug-likeness (QED) is 0.745. The highest BCUT2D eigenvalue weighted by Gasteiger charge is 2.21. The SMILES string of the molecule is COC(=O)c1[nH]c(=O)c(CN)cc1C(F)F. The molecule has 0 saturated heterocycles. The van der Waals surface area contributed by atoms with Gasteiger partial charge < -0.3 is 15.5 Å². The molecule has 1 rings (SSSR count). The van der Waals surface area contributed by atoms with Crippen LogP contribution in [0.25, 0.3) is 0 Å². The van der Waals surface area contributed by atoms with E-state index >= 15 is 0 Å². The lowest BCUT2D eigenvalue weighted by Gasteiger charge is -2.08. The van der Waals surface area contributed by atoms with Crippen molar-refractivity contribution in [3.05, 3.63) is 33.2 Å². The number of aromatic amines is 1. The van der Waals surface area contributed by atoms with E-state index in [2.05, 4.69) is 4.74 Å². The smallest absolute Gasteiger partial charge is 0.355 e. The Bertz CT molecular complexity index is 457. The highest BCUT2D eigenvalue weighted by Crippen LogP contribution is 2.21. The Balaban J connectivity index is 3.42. The zero-order valence-corrected chi connectivity index (χ0v) is 8.42. The molecule has 1 aromatic rings. The van der Waals surface area contributed by atoms with Gasteiger partial charge in [0.1, 0.15) is 5.69 Å². The number of ether oxygens (including phenoxy) is 1. The number of halogens is 2. The summed E-state index contributed by atoms with van der Waals surface area (Å²) in [6.45, 7) is -0.184. The lowest BCUT2D eigenvalue weighted by atomic mass is 10.1. The molecule has 0 radical (unpaired) electrons. The number of hydrogen-bond donors (Lipinski definition) is 2. The maximum absolute atomic E-state index is 12.6. The highest BCUT2D eigenvalue weighted by atomic mass is 19.3. The van der Waals surface area contributed by atoms with Crippen LogP contribution >= 0.6 is 0 Å². The molecule has 0 spiro atoms. The highest BCUT2D eigenvalue weighted by molar-refractivity contribution is 5.88. The summed E-state index contributed by atoms with van der Waals surface area (Å²) >= 11 is 0. The first kappa shape index (κ1) is 12.3. The third kappa shape index (κ3) is 2.25. The fraction of sp³-hybridized carbons (Fsp3) is 0.333. The Morgan fingerprint density at radius 3 is 2.69 bits per heavy atom. The summed E-state index contributed by atoms with van der Waals surface area (Å²) in [6, 6.07) is 0.912. The normalized spacial score (nSPS) is 10.6. The summed E-state index contributed by atoms with van der Waals surface area (Å²) in [4.78, 5) is 24.4. The van der Waals surface area contributed by atoms with Gasteiger partial charge in [-0.2, -0.15) is 0 Å². The van der Waals surface area contributed by atoms with Crippen LogP contribution < -0.4 is 11.3 Å². The largest absolute Gasteiger partial charge is 0.464 e. The van der Waals surface area contributed by atoms with Crippen LogP contribution in [-0.2, 0) is 11.3 Å². The molecule has 0 fully saturated rings. The maximum Gasteiger partial charge on any atom is 0.355 e. The molecule has 0 bridgehead atoms. The molecule has 1 aromatic heterocycles. The van der Waals surface area contributed by atoms with Gasteiger partial charge in [0.15, 0.2) is 0 Å². The van der Waals surface area contributed by atoms with E-state index in [1.54, 1.807) is 0 Å². The van der Waals surface area contributed by atoms with Crippen LogP contribution in [-0.4, -0.2) is 18.1 Å². The van der Waals surface area contributed by atoms with Gasteiger partial charge in [0.25, 0.3) is 12.0 Å². The van der Waals surface area contributed by atoms with Gasteiger partial charge in [0.2, 0.25) is 0 Å². The number of esters is 1. The molecule has 88 valence electrons. The average molecular weight is 232 g/mol. The van der Waals surface area contributed by atoms with Crippen LogP contribution in [0.5, 0.6) is 0 Å². The second kappa shape index (κ2) is 4.84. The maximum atomic E-state index is 12.6. The molecule has 0 saturated carbocycles.